The second-order valence-electron chi connectivity index (χ2n) is 3.92. The summed E-state index contributed by atoms with van der Waals surface area (Å²) in [4.78, 5) is 32.9. The SMILES string of the molecule is CC(CC1(C)NC(=O)CC1=O)C(=O)O. The number of hydrogen-bond acceptors (Lipinski definition) is 3. The first-order valence-electron chi connectivity index (χ1n) is 4.42. The predicted molar refractivity (Wildman–Crippen MR) is 47.6 cm³/mol. The summed E-state index contributed by atoms with van der Waals surface area (Å²) in [6, 6.07) is 0. The van der Waals surface area contributed by atoms with Crippen LogP contribution in [0.5, 0.6) is 0 Å². The van der Waals surface area contributed by atoms with E-state index in [9.17, 15) is 14.4 Å². The van der Waals surface area contributed by atoms with E-state index in [-0.39, 0.29) is 24.5 Å². The Kier molecular flexibility index (Phi) is 2.59. The summed E-state index contributed by atoms with van der Waals surface area (Å²) < 4.78 is 0. The van der Waals surface area contributed by atoms with Gasteiger partial charge in [-0.1, -0.05) is 6.92 Å². The van der Waals surface area contributed by atoms with Crippen molar-refractivity contribution in [1.82, 2.24) is 5.32 Å². The Balaban J connectivity index is 2.72. The van der Waals surface area contributed by atoms with Crippen molar-refractivity contribution in [3.63, 3.8) is 0 Å². The number of carboxylic acids is 1. The topological polar surface area (TPSA) is 83.5 Å². The Bertz CT molecular complexity index is 299. The lowest BCUT2D eigenvalue weighted by Gasteiger charge is -2.23. The fraction of sp³-hybridized carbons (Fsp3) is 0.667. The van der Waals surface area contributed by atoms with Gasteiger partial charge in [-0.2, -0.15) is 0 Å². The highest BCUT2D eigenvalue weighted by atomic mass is 16.4. The van der Waals surface area contributed by atoms with E-state index < -0.39 is 17.4 Å². The monoisotopic (exact) mass is 199 g/mol. The summed E-state index contributed by atoms with van der Waals surface area (Å²) in [5, 5.41) is 11.2. The standard InChI is InChI=1S/C9H13NO4/c1-5(8(13)14)4-9(2)6(11)3-7(12)10-9/h5H,3-4H2,1-2H3,(H,10,12)(H,13,14). The van der Waals surface area contributed by atoms with Crippen molar-refractivity contribution >= 4 is 17.7 Å². The highest BCUT2D eigenvalue weighted by molar-refractivity contribution is 6.10. The molecule has 1 heterocycles. The van der Waals surface area contributed by atoms with E-state index in [1.54, 1.807) is 6.92 Å². The fourth-order valence-corrected chi connectivity index (χ4v) is 1.63. The highest BCUT2D eigenvalue weighted by Gasteiger charge is 2.43. The number of carbonyl (C=O) groups is 3. The Morgan fingerprint density at radius 2 is 2.21 bits per heavy atom. The summed E-state index contributed by atoms with van der Waals surface area (Å²) in [6.45, 7) is 3.09. The zero-order valence-corrected chi connectivity index (χ0v) is 8.16. The van der Waals surface area contributed by atoms with Gasteiger partial charge in [0, 0.05) is 0 Å². The van der Waals surface area contributed by atoms with E-state index in [0.29, 0.717) is 0 Å². The molecule has 1 saturated heterocycles. The van der Waals surface area contributed by atoms with E-state index in [0.717, 1.165) is 0 Å². The molecule has 0 aromatic heterocycles. The summed E-state index contributed by atoms with van der Waals surface area (Å²) in [5.41, 5.74) is -0.991. The molecule has 0 aromatic carbocycles. The molecule has 2 unspecified atom stereocenters. The first-order chi connectivity index (χ1) is 6.35. The van der Waals surface area contributed by atoms with Gasteiger partial charge in [-0.05, 0) is 13.3 Å². The van der Waals surface area contributed by atoms with Gasteiger partial charge in [-0.3, -0.25) is 14.4 Å². The normalized spacial score (nSPS) is 28.7. The van der Waals surface area contributed by atoms with E-state index in [4.69, 9.17) is 5.11 Å². The van der Waals surface area contributed by atoms with E-state index in [1.807, 2.05) is 0 Å². The molecule has 0 aromatic rings. The largest absolute Gasteiger partial charge is 0.481 e. The molecule has 1 amide bonds. The molecule has 1 aliphatic rings. The van der Waals surface area contributed by atoms with Crippen LogP contribution in [0, 0.1) is 5.92 Å². The summed E-state index contributed by atoms with van der Waals surface area (Å²) >= 11 is 0. The number of amides is 1. The van der Waals surface area contributed by atoms with Crippen molar-refractivity contribution in [2.75, 3.05) is 0 Å². The second-order valence-corrected chi connectivity index (χ2v) is 3.92. The molecule has 14 heavy (non-hydrogen) atoms. The molecule has 5 nitrogen and oxygen atoms in total. The number of rotatable bonds is 3. The van der Waals surface area contributed by atoms with Gasteiger partial charge in [0.25, 0.3) is 0 Å². The molecule has 0 radical (unpaired) electrons. The maximum Gasteiger partial charge on any atom is 0.306 e. The molecule has 1 rings (SSSR count). The van der Waals surface area contributed by atoms with E-state index >= 15 is 0 Å². The highest BCUT2D eigenvalue weighted by Crippen LogP contribution is 2.23. The average Bonchev–Trinajstić information content (AvgIpc) is 2.25. The van der Waals surface area contributed by atoms with E-state index in [2.05, 4.69) is 5.32 Å². The Morgan fingerprint density at radius 3 is 2.57 bits per heavy atom. The van der Waals surface area contributed by atoms with Crippen LogP contribution in [0.15, 0.2) is 0 Å². The Hall–Kier alpha value is -1.39. The maximum atomic E-state index is 11.4. The quantitative estimate of drug-likeness (QED) is 0.624. The van der Waals surface area contributed by atoms with Crippen molar-refractivity contribution in [1.29, 1.82) is 0 Å². The summed E-state index contributed by atoms with van der Waals surface area (Å²) in [6.07, 6.45) is 0.00967. The smallest absolute Gasteiger partial charge is 0.306 e. The van der Waals surface area contributed by atoms with Crippen molar-refractivity contribution in [3.05, 3.63) is 0 Å². The van der Waals surface area contributed by atoms with Crippen LogP contribution in [-0.4, -0.2) is 28.3 Å². The van der Waals surface area contributed by atoms with Crippen molar-refractivity contribution in [2.45, 2.75) is 32.2 Å². The number of aliphatic carboxylic acids is 1. The molecule has 0 saturated carbocycles. The van der Waals surface area contributed by atoms with Crippen LogP contribution in [0.4, 0.5) is 0 Å². The molecular formula is C9H13NO4. The van der Waals surface area contributed by atoms with Gasteiger partial charge < -0.3 is 10.4 Å². The third-order valence-electron chi connectivity index (χ3n) is 2.49. The van der Waals surface area contributed by atoms with Gasteiger partial charge in [0.05, 0.1) is 17.9 Å². The molecule has 2 atom stereocenters. The third-order valence-corrected chi connectivity index (χ3v) is 2.49. The number of Topliss-reactive ketones (excluding diaryl/α,β-unsaturated/α-hetero) is 1. The number of carboxylic acid groups (broad SMARTS) is 1. The third kappa shape index (κ3) is 1.92. The van der Waals surface area contributed by atoms with Gasteiger partial charge in [-0.15, -0.1) is 0 Å². The number of carbonyl (C=O) groups excluding carboxylic acids is 2. The summed E-state index contributed by atoms with van der Waals surface area (Å²) in [7, 11) is 0. The van der Waals surface area contributed by atoms with Gasteiger partial charge in [0.15, 0.2) is 5.78 Å². The lowest BCUT2D eigenvalue weighted by molar-refractivity contribution is -0.142. The molecular weight excluding hydrogens is 186 g/mol. The lowest BCUT2D eigenvalue weighted by atomic mass is 9.88. The lowest BCUT2D eigenvalue weighted by Crippen LogP contribution is -2.45. The number of hydrogen-bond donors (Lipinski definition) is 2. The van der Waals surface area contributed by atoms with Gasteiger partial charge in [0.2, 0.25) is 5.91 Å². The summed E-state index contributed by atoms with van der Waals surface area (Å²) in [5.74, 6) is -2.15. The van der Waals surface area contributed by atoms with Crippen LogP contribution in [0.25, 0.3) is 0 Å². The molecule has 1 fully saturated rings. The van der Waals surface area contributed by atoms with Crippen molar-refractivity contribution in [2.24, 2.45) is 5.92 Å². The van der Waals surface area contributed by atoms with Crippen LogP contribution in [0.1, 0.15) is 26.7 Å². The number of ketones is 1. The molecule has 78 valence electrons. The fourth-order valence-electron chi connectivity index (χ4n) is 1.63. The van der Waals surface area contributed by atoms with Gasteiger partial charge in [-0.25, -0.2) is 0 Å². The van der Waals surface area contributed by atoms with Crippen molar-refractivity contribution < 1.29 is 19.5 Å². The first-order valence-corrected chi connectivity index (χ1v) is 4.42. The minimum Gasteiger partial charge on any atom is -0.481 e. The van der Waals surface area contributed by atoms with Crippen molar-refractivity contribution in [3.8, 4) is 0 Å². The molecule has 5 heteroatoms. The average molecular weight is 199 g/mol. The molecule has 0 spiro atoms. The zero-order valence-electron chi connectivity index (χ0n) is 8.16. The Labute approximate surface area is 81.5 Å². The van der Waals surface area contributed by atoms with Gasteiger partial charge >= 0.3 is 5.97 Å². The first kappa shape index (κ1) is 10.7. The minimum absolute atomic E-state index is 0.136. The minimum atomic E-state index is -0.991. The maximum absolute atomic E-state index is 11.4. The van der Waals surface area contributed by atoms with Crippen LogP contribution in [-0.2, 0) is 14.4 Å². The van der Waals surface area contributed by atoms with Gasteiger partial charge in [0.1, 0.15) is 0 Å². The molecule has 0 bridgehead atoms. The van der Waals surface area contributed by atoms with Crippen LogP contribution in [0.2, 0.25) is 0 Å². The number of nitrogens with one attached hydrogen (secondary N) is 1. The van der Waals surface area contributed by atoms with Crippen LogP contribution >= 0.6 is 0 Å². The van der Waals surface area contributed by atoms with E-state index in [1.165, 1.54) is 6.92 Å². The van der Waals surface area contributed by atoms with Crippen LogP contribution in [0.3, 0.4) is 0 Å². The molecule has 2 N–H and O–H groups in total. The molecule has 1 aliphatic heterocycles. The molecule has 0 aliphatic carbocycles. The predicted octanol–water partition coefficient (Wildman–Crippen LogP) is -0.0551. The van der Waals surface area contributed by atoms with Crippen LogP contribution < -0.4 is 5.32 Å². The Morgan fingerprint density at radius 1 is 1.64 bits per heavy atom. The zero-order chi connectivity index (χ0) is 10.9. The second kappa shape index (κ2) is 3.40.